The van der Waals surface area contributed by atoms with Crippen molar-refractivity contribution in [2.45, 2.75) is 13.0 Å². The van der Waals surface area contributed by atoms with Gasteiger partial charge in [0.2, 0.25) is 0 Å². The summed E-state index contributed by atoms with van der Waals surface area (Å²) in [6.45, 7) is 5.77. The number of hydrogen-bond acceptors (Lipinski definition) is 7. The van der Waals surface area contributed by atoms with Gasteiger partial charge in [0.25, 0.3) is 0 Å². The van der Waals surface area contributed by atoms with Crippen LogP contribution < -0.4 is 19.1 Å². The van der Waals surface area contributed by atoms with Crippen LogP contribution in [0.25, 0.3) is 0 Å². The Morgan fingerprint density at radius 2 is 1.70 bits per heavy atom. The number of piperazine rings is 1. The van der Waals surface area contributed by atoms with Gasteiger partial charge in [0.05, 0.1) is 14.2 Å². The van der Waals surface area contributed by atoms with Gasteiger partial charge >= 0.3 is 0 Å². The number of methoxy groups -OCH3 is 2. The second kappa shape index (κ2) is 10.3. The lowest BCUT2D eigenvalue weighted by atomic mass is 10.1. The zero-order valence-corrected chi connectivity index (χ0v) is 17.8. The SMILES string of the molecule is COc1ccc(N2CCN(C[C@@H](O)COc3ccc(C(C)=O)cc3OC)CC2)cc1. The van der Waals surface area contributed by atoms with Crippen LogP contribution in [0.2, 0.25) is 0 Å². The van der Waals surface area contributed by atoms with E-state index in [0.29, 0.717) is 23.6 Å². The molecule has 7 nitrogen and oxygen atoms in total. The molecule has 0 unspecified atom stereocenters. The van der Waals surface area contributed by atoms with Gasteiger partial charge in [-0.1, -0.05) is 0 Å². The van der Waals surface area contributed by atoms with Crippen LogP contribution in [0, 0.1) is 0 Å². The highest BCUT2D eigenvalue weighted by Crippen LogP contribution is 2.28. The number of Topliss-reactive ketones (excluding diaryl/α,β-unsaturated/α-hetero) is 1. The number of β-amino-alcohol motifs (C(OH)–C–C–N with tert-alkyl or cyclic N) is 1. The molecule has 1 saturated heterocycles. The molecule has 1 N–H and O–H groups in total. The van der Waals surface area contributed by atoms with Crippen LogP contribution in [0.4, 0.5) is 5.69 Å². The van der Waals surface area contributed by atoms with Gasteiger partial charge in [0, 0.05) is 44.0 Å². The normalized spacial score (nSPS) is 15.5. The number of carbonyl (C=O) groups excluding carboxylic acids is 1. The van der Waals surface area contributed by atoms with Crippen LogP contribution >= 0.6 is 0 Å². The fourth-order valence-electron chi connectivity index (χ4n) is 3.52. The Kier molecular flexibility index (Phi) is 7.54. The first-order chi connectivity index (χ1) is 14.5. The number of hydrogen-bond donors (Lipinski definition) is 1. The van der Waals surface area contributed by atoms with Crippen LogP contribution in [0.1, 0.15) is 17.3 Å². The number of rotatable bonds is 9. The molecule has 162 valence electrons. The monoisotopic (exact) mass is 414 g/mol. The number of carbonyl (C=O) groups is 1. The second-order valence-corrected chi connectivity index (χ2v) is 7.37. The second-order valence-electron chi connectivity index (χ2n) is 7.37. The molecule has 0 bridgehead atoms. The summed E-state index contributed by atoms with van der Waals surface area (Å²) >= 11 is 0. The maximum Gasteiger partial charge on any atom is 0.161 e. The Bertz CT molecular complexity index is 832. The van der Waals surface area contributed by atoms with Crippen molar-refractivity contribution in [2.24, 2.45) is 0 Å². The smallest absolute Gasteiger partial charge is 0.161 e. The van der Waals surface area contributed by atoms with Crippen molar-refractivity contribution < 1.29 is 24.1 Å². The molecule has 0 saturated carbocycles. The van der Waals surface area contributed by atoms with Gasteiger partial charge in [0.15, 0.2) is 17.3 Å². The first kappa shape index (κ1) is 21.9. The summed E-state index contributed by atoms with van der Waals surface area (Å²) in [4.78, 5) is 16.1. The van der Waals surface area contributed by atoms with Gasteiger partial charge in [-0.2, -0.15) is 0 Å². The number of aliphatic hydroxyl groups is 1. The first-order valence-electron chi connectivity index (χ1n) is 10.1. The number of ketones is 1. The summed E-state index contributed by atoms with van der Waals surface area (Å²) in [6, 6.07) is 13.1. The molecule has 2 aromatic carbocycles. The van der Waals surface area contributed by atoms with Crippen LogP contribution in [0.3, 0.4) is 0 Å². The topological polar surface area (TPSA) is 71.5 Å². The van der Waals surface area contributed by atoms with Crippen LogP contribution in [-0.4, -0.2) is 75.4 Å². The molecule has 1 heterocycles. The van der Waals surface area contributed by atoms with Crippen molar-refractivity contribution in [3.05, 3.63) is 48.0 Å². The molecule has 0 aromatic heterocycles. The zero-order valence-electron chi connectivity index (χ0n) is 17.8. The molecule has 0 aliphatic carbocycles. The maximum absolute atomic E-state index is 11.5. The molecule has 30 heavy (non-hydrogen) atoms. The summed E-state index contributed by atoms with van der Waals surface area (Å²) < 4.78 is 16.3. The van der Waals surface area contributed by atoms with Gasteiger partial charge in [-0.05, 0) is 49.4 Å². The van der Waals surface area contributed by atoms with E-state index in [2.05, 4.69) is 21.9 Å². The lowest BCUT2D eigenvalue weighted by Crippen LogP contribution is -2.49. The van der Waals surface area contributed by atoms with Crippen molar-refractivity contribution in [3.8, 4) is 17.2 Å². The maximum atomic E-state index is 11.5. The summed E-state index contributed by atoms with van der Waals surface area (Å²) in [5, 5.41) is 10.4. The molecule has 0 amide bonds. The molecular formula is C23H30N2O5. The van der Waals surface area contributed by atoms with Crippen molar-refractivity contribution in [2.75, 3.05) is 58.5 Å². The van der Waals surface area contributed by atoms with Gasteiger partial charge in [-0.15, -0.1) is 0 Å². The van der Waals surface area contributed by atoms with E-state index in [0.717, 1.165) is 31.9 Å². The van der Waals surface area contributed by atoms with Crippen LogP contribution in [0.15, 0.2) is 42.5 Å². The molecular weight excluding hydrogens is 384 g/mol. The van der Waals surface area contributed by atoms with Crippen molar-refractivity contribution in [3.63, 3.8) is 0 Å². The Morgan fingerprint density at radius 3 is 2.30 bits per heavy atom. The molecule has 1 atom stereocenters. The number of ether oxygens (including phenoxy) is 3. The number of aliphatic hydroxyl groups excluding tert-OH is 1. The zero-order chi connectivity index (χ0) is 21.5. The van der Waals surface area contributed by atoms with Gasteiger partial charge in [-0.25, -0.2) is 0 Å². The number of anilines is 1. The average molecular weight is 415 g/mol. The van der Waals surface area contributed by atoms with Crippen LogP contribution in [0.5, 0.6) is 17.2 Å². The lowest BCUT2D eigenvalue weighted by molar-refractivity contribution is 0.0653. The van der Waals surface area contributed by atoms with Crippen molar-refractivity contribution in [1.82, 2.24) is 4.90 Å². The first-order valence-corrected chi connectivity index (χ1v) is 10.1. The number of nitrogens with zero attached hydrogens (tertiary/aromatic N) is 2. The molecule has 0 radical (unpaired) electrons. The Hall–Kier alpha value is -2.77. The highest BCUT2D eigenvalue weighted by Gasteiger charge is 2.20. The number of benzene rings is 2. The fraction of sp³-hybridized carbons (Fsp3) is 0.435. The predicted octanol–water partition coefficient (Wildman–Crippen LogP) is 2.47. The molecule has 3 rings (SSSR count). The largest absolute Gasteiger partial charge is 0.497 e. The lowest BCUT2D eigenvalue weighted by Gasteiger charge is -2.36. The van der Waals surface area contributed by atoms with Gasteiger partial charge < -0.3 is 24.2 Å². The predicted molar refractivity (Wildman–Crippen MR) is 116 cm³/mol. The van der Waals surface area contributed by atoms with E-state index in [-0.39, 0.29) is 12.4 Å². The minimum absolute atomic E-state index is 0.0336. The molecule has 7 heteroatoms. The van der Waals surface area contributed by atoms with E-state index >= 15 is 0 Å². The fourth-order valence-corrected chi connectivity index (χ4v) is 3.52. The van der Waals surface area contributed by atoms with Crippen molar-refractivity contribution in [1.29, 1.82) is 0 Å². The highest BCUT2D eigenvalue weighted by molar-refractivity contribution is 5.94. The minimum Gasteiger partial charge on any atom is -0.497 e. The minimum atomic E-state index is -0.616. The van der Waals surface area contributed by atoms with Crippen molar-refractivity contribution >= 4 is 11.5 Å². The summed E-state index contributed by atoms with van der Waals surface area (Å²) in [5.41, 5.74) is 1.75. The van der Waals surface area contributed by atoms with E-state index in [1.165, 1.54) is 19.7 Å². The third-order valence-electron chi connectivity index (χ3n) is 5.28. The Labute approximate surface area is 177 Å². The standard InChI is InChI=1S/C23H30N2O5/c1-17(26)18-4-9-22(23(14-18)29-3)30-16-20(27)15-24-10-12-25(13-11-24)19-5-7-21(28-2)8-6-19/h4-9,14,20,27H,10-13,15-16H2,1-3H3/t20-/m1/s1. The highest BCUT2D eigenvalue weighted by atomic mass is 16.5. The van der Waals surface area contributed by atoms with Gasteiger partial charge in [-0.3, -0.25) is 9.69 Å². The van der Waals surface area contributed by atoms with Crippen LogP contribution in [-0.2, 0) is 0 Å². The summed E-state index contributed by atoms with van der Waals surface area (Å²) in [5.74, 6) is 1.83. The van der Waals surface area contributed by atoms with E-state index in [9.17, 15) is 9.90 Å². The third kappa shape index (κ3) is 5.64. The third-order valence-corrected chi connectivity index (χ3v) is 5.28. The molecule has 1 aliphatic heterocycles. The van der Waals surface area contributed by atoms with E-state index < -0.39 is 6.10 Å². The average Bonchev–Trinajstić information content (AvgIpc) is 2.78. The molecule has 2 aromatic rings. The van der Waals surface area contributed by atoms with E-state index in [1.54, 1.807) is 25.3 Å². The molecule has 1 aliphatic rings. The Morgan fingerprint density at radius 1 is 1.00 bits per heavy atom. The van der Waals surface area contributed by atoms with E-state index in [1.807, 2.05) is 12.1 Å². The summed E-state index contributed by atoms with van der Waals surface area (Å²) in [6.07, 6.45) is -0.616. The Balaban J connectivity index is 1.46. The molecule has 1 fully saturated rings. The summed E-state index contributed by atoms with van der Waals surface area (Å²) in [7, 11) is 3.20. The quantitative estimate of drug-likeness (QED) is 0.632. The molecule has 0 spiro atoms. The van der Waals surface area contributed by atoms with E-state index in [4.69, 9.17) is 14.2 Å². The van der Waals surface area contributed by atoms with Gasteiger partial charge in [0.1, 0.15) is 18.5 Å².